The standard InChI is InChI=1S/C22H28N4O/c1-16(2)13-23-22(27)14-25(4)17(3)18-9-11-19(12-10-18)26-15-24-20-7-5-6-8-21(20)26/h5-12,15-17H,13-14H2,1-4H3,(H,23,27)/t17-/m1/s1. The van der Waals surface area contributed by atoms with Gasteiger partial charge in [0.2, 0.25) is 5.91 Å². The highest BCUT2D eigenvalue weighted by Crippen LogP contribution is 2.22. The van der Waals surface area contributed by atoms with Crippen LogP contribution >= 0.6 is 0 Å². The predicted molar refractivity (Wildman–Crippen MR) is 110 cm³/mol. The Hall–Kier alpha value is -2.66. The number of fused-ring (bicyclic) bond motifs is 1. The molecular weight excluding hydrogens is 336 g/mol. The number of rotatable bonds is 7. The normalized spacial score (nSPS) is 12.7. The van der Waals surface area contributed by atoms with Gasteiger partial charge >= 0.3 is 0 Å². The Morgan fingerprint density at radius 3 is 2.52 bits per heavy atom. The molecule has 1 amide bonds. The van der Waals surface area contributed by atoms with Crippen LogP contribution in [-0.2, 0) is 4.79 Å². The van der Waals surface area contributed by atoms with Crippen LogP contribution in [0.3, 0.4) is 0 Å². The fourth-order valence-electron chi connectivity index (χ4n) is 3.07. The minimum Gasteiger partial charge on any atom is -0.355 e. The highest BCUT2D eigenvalue weighted by molar-refractivity contribution is 5.78. The summed E-state index contributed by atoms with van der Waals surface area (Å²) >= 11 is 0. The highest BCUT2D eigenvalue weighted by atomic mass is 16.2. The van der Waals surface area contributed by atoms with E-state index in [-0.39, 0.29) is 11.9 Å². The fraction of sp³-hybridized carbons (Fsp3) is 0.364. The van der Waals surface area contributed by atoms with Crippen molar-refractivity contribution in [1.82, 2.24) is 19.8 Å². The summed E-state index contributed by atoms with van der Waals surface area (Å²) in [5.74, 6) is 0.531. The van der Waals surface area contributed by atoms with Crippen molar-refractivity contribution in [2.45, 2.75) is 26.8 Å². The van der Waals surface area contributed by atoms with Crippen LogP contribution in [0.15, 0.2) is 54.9 Å². The molecule has 0 radical (unpaired) electrons. The number of benzene rings is 2. The molecule has 5 heteroatoms. The molecule has 0 saturated heterocycles. The number of hydrogen-bond donors (Lipinski definition) is 1. The first-order valence-electron chi connectivity index (χ1n) is 9.45. The zero-order valence-electron chi connectivity index (χ0n) is 16.5. The van der Waals surface area contributed by atoms with Gasteiger partial charge in [0.05, 0.1) is 17.6 Å². The lowest BCUT2D eigenvalue weighted by atomic mass is 10.1. The maximum Gasteiger partial charge on any atom is 0.234 e. The first-order chi connectivity index (χ1) is 13.0. The van der Waals surface area contributed by atoms with E-state index in [4.69, 9.17) is 0 Å². The van der Waals surface area contributed by atoms with Crippen LogP contribution in [0.1, 0.15) is 32.4 Å². The summed E-state index contributed by atoms with van der Waals surface area (Å²) in [5.41, 5.74) is 4.35. The molecule has 0 spiro atoms. The van der Waals surface area contributed by atoms with Crippen molar-refractivity contribution in [3.63, 3.8) is 0 Å². The molecule has 0 fully saturated rings. The predicted octanol–water partition coefficient (Wildman–Crippen LogP) is 3.79. The Labute approximate surface area is 161 Å². The summed E-state index contributed by atoms with van der Waals surface area (Å²) in [4.78, 5) is 18.6. The largest absolute Gasteiger partial charge is 0.355 e. The van der Waals surface area contributed by atoms with Gasteiger partial charge in [-0.1, -0.05) is 38.1 Å². The molecule has 0 unspecified atom stereocenters. The molecule has 2 aromatic carbocycles. The van der Waals surface area contributed by atoms with Gasteiger partial charge in [0.25, 0.3) is 0 Å². The van der Waals surface area contributed by atoms with Crippen LogP contribution in [0.5, 0.6) is 0 Å². The molecular formula is C22H28N4O. The van der Waals surface area contributed by atoms with Gasteiger partial charge in [-0.3, -0.25) is 14.3 Å². The molecule has 142 valence electrons. The summed E-state index contributed by atoms with van der Waals surface area (Å²) in [6, 6.07) is 16.7. The topological polar surface area (TPSA) is 50.2 Å². The third-order valence-corrected chi connectivity index (χ3v) is 4.87. The van der Waals surface area contributed by atoms with Crippen molar-refractivity contribution in [1.29, 1.82) is 0 Å². The Balaban J connectivity index is 1.68. The lowest BCUT2D eigenvalue weighted by molar-refractivity contribution is -0.122. The van der Waals surface area contributed by atoms with E-state index in [1.54, 1.807) is 0 Å². The second-order valence-corrected chi connectivity index (χ2v) is 7.48. The van der Waals surface area contributed by atoms with Gasteiger partial charge in [-0.05, 0) is 49.7 Å². The SMILES string of the molecule is CC(C)CNC(=O)CN(C)[C@H](C)c1ccc(-n2cnc3ccccc32)cc1. The second-order valence-electron chi connectivity index (χ2n) is 7.48. The van der Waals surface area contributed by atoms with E-state index in [1.165, 1.54) is 5.56 Å². The molecule has 27 heavy (non-hydrogen) atoms. The van der Waals surface area contributed by atoms with Gasteiger partial charge in [-0.2, -0.15) is 0 Å². The molecule has 3 aromatic rings. The van der Waals surface area contributed by atoms with Gasteiger partial charge in [0, 0.05) is 18.3 Å². The first kappa shape index (κ1) is 19.1. The molecule has 5 nitrogen and oxygen atoms in total. The number of para-hydroxylation sites is 2. The number of imidazole rings is 1. The van der Waals surface area contributed by atoms with Gasteiger partial charge in [-0.25, -0.2) is 4.98 Å². The van der Waals surface area contributed by atoms with Crippen LogP contribution in [0.4, 0.5) is 0 Å². The van der Waals surface area contributed by atoms with Crippen molar-refractivity contribution in [3.8, 4) is 5.69 Å². The third-order valence-electron chi connectivity index (χ3n) is 4.87. The van der Waals surface area contributed by atoms with Crippen molar-refractivity contribution in [3.05, 3.63) is 60.4 Å². The lowest BCUT2D eigenvalue weighted by Gasteiger charge is -2.25. The molecule has 1 atom stereocenters. The fourth-order valence-corrected chi connectivity index (χ4v) is 3.07. The Morgan fingerprint density at radius 2 is 1.81 bits per heavy atom. The monoisotopic (exact) mass is 364 g/mol. The summed E-state index contributed by atoms with van der Waals surface area (Å²) in [6.45, 7) is 7.42. The van der Waals surface area contributed by atoms with Gasteiger partial charge in [0.1, 0.15) is 6.33 Å². The van der Waals surface area contributed by atoms with Crippen LogP contribution in [0, 0.1) is 5.92 Å². The number of carbonyl (C=O) groups is 1. The average Bonchev–Trinajstić information content (AvgIpc) is 3.10. The number of nitrogens with one attached hydrogen (secondary N) is 1. The lowest BCUT2D eigenvalue weighted by Crippen LogP contribution is -2.37. The Bertz CT molecular complexity index is 898. The summed E-state index contributed by atoms with van der Waals surface area (Å²) in [6.07, 6.45) is 1.86. The van der Waals surface area contributed by atoms with Gasteiger partial charge in [0.15, 0.2) is 0 Å². The molecule has 1 N–H and O–H groups in total. The second kappa shape index (κ2) is 8.35. The highest BCUT2D eigenvalue weighted by Gasteiger charge is 2.15. The smallest absolute Gasteiger partial charge is 0.234 e. The molecule has 1 aromatic heterocycles. The zero-order valence-corrected chi connectivity index (χ0v) is 16.5. The first-order valence-corrected chi connectivity index (χ1v) is 9.45. The van der Waals surface area contributed by atoms with Gasteiger partial charge < -0.3 is 5.32 Å². The molecule has 0 aliphatic carbocycles. The van der Waals surface area contributed by atoms with Crippen molar-refractivity contribution >= 4 is 16.9 Å². The maximum atomic E-state index is 12.1. The zero-order chi connectivity index (χ0) is 19.4. The van der Waals surface area contributed by atoms with E-state index in [1.807, 2.05) is 31.6 Å². The number of aromatic nitrogens is 2. The minimum absolute atomic E-state index is 0.0690. The van der Waals surface area contributed by atoms with Crippen LogP contribution in [-0.4, -0.2) is 40.5 Å². The van der Waals surface area contributed by atoms with Crippen LogP contribution in [0.25, 0.3) is 16.7 Å². The van der Waals surface area contributed by atoms with Crippen molar-refractivity contribution in [2.24, 2.45) is 5.92 Å². The van der Waals surface area contributed by atoms with E-state index in [0.29, 0.717) is 19.0 Å². The van der Waals surface area contributed by atoms with E-state index in [0.717, 1.165) is 16.7 Å². The quantitative estimate of drug-likeness (QED) is 0.694. The molecule has 0 aliphatic heterocycles. The van der Waals surface area contributed by atoms with Crippen LogP contribution in [0.2, 0.25) is 0 Å². The summed E-state index contributed by atoms with van der Waals surface area (Å²) in [7, 11) is 1.98. The minimum atomic E-state index is 0.0690. The molecule has 0 saturated carbocycles. The van der Waals surface area contributed by atoms with E-state index >= 15 is 0 Å². The summed E-state index contributed by atoms with van der Waals surface area (Å²) in [5, 5.41) is 2.97. The van der Waals surface area contributed by atoms with Gasteiger partial charge in [-0.15, -0.1) is 0 Å². The Kier molecular flexibility index (Phi) is 5.91. The maximum absolute atomic E-state index is 12.1. The van der Waals surface area contributed by atoms with E-state index in [9.17, 15) is 4.79 Å². The summed E-state index contributed by atoms with van der Waals surface area (Å²) < 4.78 is 2.09. The Morgan fingerprint density at radius 1 is 1.11 bits per heavy atom. The third kappa shape index (κ3) is 4.55. The van der Waals surface area contributed by atoms with E-state index < -0.39 is 0 Å². The number of hydrogen-bond acceptors (Lipinski definition) is 3. The number of carbonyl (C=O) groups excluding carboxylic acids is 1. The molecule has 3 rings (SSSR count). The van der Waals surface area contributed by atoms with Crippen LogP contribution < -0.4 is 5.32 Å². The molecule has 0 aliphatic rings. The van der Waals surface area contributed by atoms with Crippen molar-refractivity contribution < 1.29 is 4.79 Å². The average molecular weight is 364 g/mol. The molecule has 0 bridgehead atoms. The number of likely N-dealkylation sites (N-methyl/N-ethyl adjacent to an activating group) is 1. The van der Waals surface area contributed by atoms with E-state index in [2.05, 4.69) is 70.9 Å². The number of amides is 1. The number of nitrogens with zero attached hydrogens (tertiary/aromatic N) is 3. The van der Waals surface area contributed by atoms with Crippen molar-refractivity contribution in [2.75, 3.05) is 20.1 Å². The molecule has 1 heterocycles.